The van der Waals surface area contributed by atoms with Crippen LogP contribution in [0.3, 0.4) is 0 Å². The van der Waals surface area contributed by atoms with Gasteiger partial charge in [-0.05, 0) is 24.0 Å². The molecule has 0 saturated carbocycles. The van der Waals surface area contributed by atoms with Gasteiger partial charge in [-0.3, -0.25) is 4.72 Å². The van der Waals surface area contributed by atoms with Gasteiger partial charge in [0.2, 0.25) is 0 Å². The summed E-state index contributed by atoms with van der Waals surface area (Å²) in [6.07, 6.45) is 1.22. The van der Waals surface area contributed by atoms with Gasteiger partial charge in [0, 0.05) is 11.1 Å². The number of hydrogen-bond donors (Lipinski definition) is 1. The first-order valence-corrected chi connectivity index (χ1v) is 5.06. The molecule has 1 aromatic heterocycles. The van der Waals surface area contributed by atoms with E-state index in [1.165, 1.54) is 29.4 Å². The highest BCUT2D eigenvalue weighted by Crippen LogP contribution is 2.25. The molecule has 0 radical (unpaired) electrons. The van der Waals surface area contributed by atoms with Crippen LogP contribution < -0.4 is 4.72 Å². The van der Waals surface area contributed by atoms with Crippen LogP contribution in [0.15, 0.2) is 11.4 Å². The van der Waals surface area contributed by atoms with Crippen LogP contribution >= 0.6 is 23.5 Å². The van der Waals surface area contributed by atoms with Crippen LogP contribution in [0.25, 0.3) is 0 Å². The number of nitrogens with zero attached hydrogens (tertiary/aromatic N) is 1. The van der Waals surface area contributed by atoms with E-state index in [4.69, 9.17) is 0 Å². The van der Waals surface area contributed by atoms with Crippen LogP contribution in [0, 0.1) is 0 Å². The Morgan fingerprint density at radius 2 is 2.70 bits per heavy atom. The lowest BCUT2D eigenvalue weighted by Crippen LogP contribution is -2.06. The number of rotatable bonds is 1. The molecule has 1 fully saturated rings. The molecule has 0 bridgehead atoms. The average molecular weight is 172 g/mol. The van der Waals surface area contributed by atoms with Gasteiger partial charge in [0.05, 0.1) is 11.7 Å². The van der Waals surface area contributed by atoms with Crippen molar-refractivity contribution in [3.8, 4) is 0 Å². The van der Waals surface area contributed by atoms with Crippen molar-refractivity contribution in [2.24, 2.45) is 0 Å². The zero-order chi connectivity index (χ0) is 6.81. The van der Waals surface area contributed by atoms with Gasteiger partial charge in [-0.15, -0.1) is 0 Å². The van der Waals surface area contributed by atoms with Gasteiger partial charge in [0.25, 0.3) is 0 Å². The topological polar surface area (TPSA) is 24.9 Å². The molecule has 2 rings (SSSR count). The first-order chi connectivity index (χ1) is 4.97. The third-order valence-electron chi connectivity index (χ3n) is 1.55. The van der Waals surface area contributed by atoms with Gasteiger partial charge < -0.3 is 0 Å². The van der Waals surface area contributed by atoms with Crippen LogP contribution in [0.5, 0.6) is 0 Å². The summed E-state index contributed by atoms with van der Waals surface area (Å²) in [4.78, 5) is 0. The van der Waals surface area contributed by atoms with E-state index in [-0.39, 0.29) is 0 Å². The molecule has 0 amide bonds. The molecule has 1 aliphatic rings. The van der Waals surface area contributed by atoms with Crippen molar-refractivity contribution in [1.82, 2.24) is 9.10 Å². The third-order valence-corrected chi connectivity index (χ3v) is 3.01. The SMILES string of the molecule is c1cc(C2CCSN2)ns1. The molecule has 0 aliphatic carbocycles. The first kappa shape index (κ1) is 6.64. The summed E-state index contributed by atoms with van der Waals surface area (Å²) >= 11 is 3.32. The van der Waals surface area contributed by atoms with E-state index in [2.05, 4.69) is 15.2 Å². The van der Waals surface area contributed by atoms with Crippen LogP contribution in [0.4, 0.5) is 0 Å². The molecule has 54 valence electrons. The van der Waals surface area contributed by atoms with E-state index in [1.807, 2.05) is 5.38 Å². The Kier molecular flexibility index (Phi) is 1.93. The van der Waals surface area contributed by atoms with Gasteiger partial charge in [0.1, 0.15) is 0 Å². The lowest BCUT2D eigenvalue weighted by Gasteiger charge is -2.02. The highest BCUT2D eigenvalue weighted by Gasteiger charge is 2.17. The Morgan fingerprint density at radius 1 is 1.70 bits per heavy atom. The summed E-state index contributed by atoms with van der Waals surface area (Å²) in [5.74, 6) is 1.21. The minimum absolute atomic E-state index is 0.510. The molecular formula is C6H8N2S2. The second-order valence-corrected chi connectivity index (χ2v) is 3.83. The maximum atomic E-state index is 4.26. The van der Waals surface area contributed by atoms with Crippen LogP contribution in [0.2, 0.25) is 0 Å². The fraction of sp³-hybridized carbons (Fsp3) is 0.500. The van der Waals surface area contributed by atoms with Crippen molar-refractivity contribution in [3.63, 3.8) is 0 Å². The Labute approximate surface area is 68.3 Å². The Hall–Kier alpha value is -0.0600. The molecule has 2 heterocycles. The molecule has 1 unspecified atom stereocenters. The molecule has 4 heteroatoms. The lowest BCUT2D eigenvalue weighted by atomic mass is 10.2. The van der Waals surface area contributed by atoms with Crippen molar-refractivity contribution in [3.05, 3.63) is 17.1 Å². The molecule has 1 aromatic rings. The van der Waals surface area contributed by atoms with Crippen molar-refractivity contribution >= 4 is 23.5 Å². The van der Waals surface area contributed by atoms with E-state index in [0.717, 1.165) is 0 Å². The van der Waals surface area contributed by atoms with Crippen LogP contribution in [-0.2, 0) is 0 Å². The normalized spacial score (nSPS) is 25.4. The van der Waals surface area contributed by atoms with Gasteiger partial charge in [-0.1, -0.05) is 11.9 Å². The summed E-state index contributed by atoms with van der Waals surface area (Å²) in [5, 5.41) is 2.03. The molecule has 0 aromatic carbocycles. The second-order valence-electron chi connectivity index (χ2n) is 2.23. The lowest BCUT2D eigenvalue weighted by molar-refractivity contribution is 0.677. The van der Waals surface area contributed by atoms with E-state index >= 15 is 0 Å². The number of nitrogens with one attached hydrogen (secondary N) is 1. The summed E-state index contributed by atoms with van der Waals surface area (Å²) in [6, 6.07) is 2.60. The third kappa shape index (κ3) is 1.19. The monoisotopic (exact) mass is 172 g/mol. The zero-order valence-corrected chi connectivity index (χ0v) is 7.04. The van der Waals surface area contributed by atoms with Crippen molar-refractivity contribution in [2.75, 3.05) is 5.75 Å². The highest BCUT2D eigenvalue weighted by atomic mass is 32.2. The van der Waals surface area contributed by atoms with Crippen LogP contribution in [-0.4, -0.2) is 10.1 Å². The van der Waals surface area contributed by atoms with Gasteiger partial charge in [0.15, 0.2) is 0 Å². The largest absolute Gasteiger partial charge is 0.255 e. The predicted molar refractivity (Wildman–Crippen MR) is 45.1 cm³/mol. The molecular weight excluding hydrogens is 164 g/mol. The first-order valence-electron chi connectivity index (χ1n) is 3.24. The Morgan fingerprint density at radius 3 is 3.30 bits per heavy atom. The van der Waals surface area contributed by atoms with Gasteiger partial charge >= 0.3 is 0 Å². The molecule has 1 N–H and O–H groups in total. The maximum Gasteiger partial charge on any atom is 0.0720 e. The van der Waals surface area contributed by atoms with Crippen molar-refractivity contribution in [2.45, 2.75) is 12.5 Å². The van der Waals surface area contributed by atoms with Crippen molar-refractivity contribution < 1.29 is 0 Å². The maximum absolute atomic E-state index is 4.26. The predicted octanol–water partition coefficient (Wildman–Crippen LogP) is 1.83. The minimum Gasteiger partial charge on any atom is -0.255 e. The minimum atomic E-state index is 0.510. The standard InChI is InChI=1S/C6H8N2S2/c1-3-9-7-5(1)6-2-4-10-8-6/h1,3,6,8H,2,4H2. The quantitative estimate of drug-likeness (QED) is 0.654. The average Bonchev–Trinajstić information content (AvgIpc) is 2.59. The van der Waals surface area contributed by atoms with E-state index in [1.54, 1.807) is 11.9 Å². The summed E-state index contributed by atoms with van der Waals surface area (Å²) in [5.41, 5.74) is 1.20. The van der Waals surface area contributed by atoms with Crippen LogP contribution in [0.1, 0.15) is 18.2 Å². The number of aromatic nitrogens is 1. The summed E-state index contributed by atoms with van der Waals surface area (Å²) in [7, 11) is 0. The van der Waals surface area contributed by atoms with Gasteiger partial charge in [-0.2, -0.15) is 4.37 Å². The fourth-order valence-corrected chi connectivity index (χ4v) is 2.49. The molecule has 1 saturated heterocycles. The number of hydrogen-bond acceptors (Lipinski definition) is 4. The fourth-order valence-electron chi connectivity index (χ4n) is 1.01. The molecule has 1 atom stereocenters. The van der Waals surface area contributed by atoms with Crippen molar-refractivity contribution in [1.29, 1.82) is 0 Å². The second kappa shape index (κ2) is 2.90. The smallest absolute Gasteiger partial charge is 0.0720 e. The molecule has 1 aliphatic heterocycles. The Bertz CT molecular complexity index is 192. The highest BCUT2D eigenvalue weighted by molar-refractivity contribution is 7.97. The molecule has 10 heavy (non-hydrogen) atoms. The summed E-state index contributed by atoms with van der Waals surface area (Å²) < 4.78 is 7.58. The van der Waals surface area contributed by atoms with E-state index in [9.17, 15) is 0 Å². The van der Waals surface area contributed by atoms with E-state index < -0.39 is 0 Å². The van der Waals surface area contributed by atoms with E-state index in [0.29, 0.717) is 6.04 Å². The Balaban J connectivity index is 2.12. The zero-order valence-electron chi connectivity index (χ0n) is 5.41. The molecule has 0 spiro atoms. The van der Waals surface area contributed by atoms with Gasteiger partial charge in [-0.25, -0.2) is 0 Å². The molecule has 2 nitrogen and oxygen atoms in total. The summed E-state index contributed by atoms with van der Waals surface area (Å²) in [6.45, 7) is 0.